The fourth-order valence-electron chi connectivity index (χ4n) is 3.42. The molecule has 0 unspecified atom stereocenters. The summed E-state index contributed by atoms with van der Waals surface area (Å²) in [6.45, 7) is 0.675. The van der Waals surface area contributed by atoms with Gasteiger partial charge in [-0.3, -0.25) is 0 Å². The zero-order valence-electron chi connectivity index (χ0n) is 12.9. The second-order valence-electron chi connectivity index (χ2n) is 6.01. The summed E-state index contributed by atoms with van der Waals surface area (Å²) in [5.41, 5.74) is 17.5. The number of nitrogens with zero attached hydrogens (tertiary/aromatic N) is 2. The van der Waals surface area contributed by atoms with E-state index in [2.05, 4.69) is 38.5 Å². The summed E-state index contributed by atoms with van der Waals surface area (Å²) in [6, 6.07) is 6.51. The summed E-state index contributed by atoms with van der Waals surface area (Å²) in [5.74, 6) is 0.606. The number of aromatic amines is 1. The number of fused-ring (bicyclic) bond motifs is 2. The van der Waals surface area contributed by atoms with Crippen LogP contribution in [-0.2, 0) is 19.4 Å². The molecule has 0 fully saturated rings. The number of nitrogens with two attached hydrogens (primary N) is 2. The van der Waals surface area contributed by atoms with Crippen molar-refractivity contribution >= 4 is 28.5 Å². The number of hydrogen-bond donors (Lipinski definition) is 4. The molecule has 1 aromatic carbocycles. The van der Waals surface area contributed by atoms with Crippen LogP contribution in [0.4, 0.5) is 17.5 Å². The van der Waals surface area contributed by atoms with E-state index in [9.17, 15) is 0 Å². The Balaban J connectivity index is 1.63. The van der Waals surface area contributed by atoms with Crippen molar-refractivity contribution in [1.29, 1.82) is 0 Å². The Kier molecular flexibility index (Phi) is 3.29. The number of nitrogen functional groups attached to an aromatic ring is 2. The van der Waals surface area contributed by atoms with Crippen molar-refractivity contribution in [1.82, 2.24) is 15.0 Å². The second kappa shape index (κ2) is 5.46. The number of hydrogen-bond acceptors (Lipinski definition) is 5. The van der Waals surface area contributed by atoms with Crippen LogP contribution in [0.25, 0.3) is 11.0 Å². The van der Waals surface area contributed by atoms with E-state index in [1.807, 2.05) is 6.20 Å². The molecule has 2 heterocycles. The Morgan fingerprint density at radius 1 is 1.13 bits per heavy atom. The maximum Gasteiger partial charge on any atom is 0.223 e. The summed E-state index contributed by atoms with van der Waals surface area (Å²) in [4.78, 5) is 11.4. The molecule has 1 aliphatic carbocycles. The summed E-state index contributed by atoms with van der Waals surface area (Å²) in [6.07, 6.45) is 6.79. The van der Waals surface area contributed by atoms with Gasteiger partial charge in [-0.15, -0.1) is 0 Å². The number of anilines is 3. The first-order chi connectivity index (χ1) is 11.2. The lowest BCUT2D eigenvalue weighted by Crippen LogP contribution is -2.08. The number of nitrogens with one attached hydrogen (secondary N) is 2. The number of H-pyrrole nitrogens is 1. The van der Waals surface area contributed by atoms with Crippen LogP contribution in [0.1, 0.15) is 29.5 Å². The molecule has 0 saturated carbocycles. The van der Waals surface area contributed by atoms with Crippen molar-refractivity contribution in [3.05, 3.63) is 41.1 Å². The van der Waals surface area contributed by atoms with Gasteiger partial charge in [0.15, 0.2) is 0 Å². The van der Waals surface area contributed by atoms with E-state index < -0.39 is 0 Å². The van der Waals surface area contributed by atoms with Gasteiger partial charge in [0, 0.05) is 24.0 Å². The summed E-state index contributed by atoms with van der Waals surface area (Å²) in [5, 5.41) is 4.39. The fourth-order valence-corrected chi connectivity index (χ4v) is 3.42. The Morgan fingerprint density at radius 3 is 2.91 bits per heavy atom. The van der Waals surface area contributed by atoms with Gasteiger partial charge in [-0.25, -0.2) is 0 Å². The molecule has 6 nitrogen and oxygen atoms in total. The first-order valence-electron chi connectivity index (χ1n) is 7.96. The van der Waals surface area contributed by atoms with E-state index in [1.165, 1.54) is 36.1 Å². The number of aryl methyl sites for hydroxylation is 1. The predicted molar refractivity (Wildman–Crippen MR) is 93.1 cm³/mol. The van der Waals surface area contributed by atoms with Crippen LogP contribution in [0.3, 0.4) is 0 Å². The zero-order valence-corrected chi connectivity index (χ0v) is 12.9. The van der Waals surface area contributed by atoms with Gasteiger partial charge < -0.3 is 21.8 Å². The molecule has 0 saturated heterocycles. The molecule has 0 bridgehead atoms. The van der Waals surface area contributed by atoms with Crippen molar-refractivity contribution in [3.8, 4) is 0 Å². The third-order valence-corrected chi connectivity index (χ3v) is 4.52. The Bertz CT molecular complexity index is 867. The fraction of sp³-hybridized carbons (Fsp3) is 0.294. The lowest BCUT2D eigenvalue weighted by atomic mass is 9.90. The Morgan fingerprint density at radius 2 is 2.00 bits per heavy atom. The highest BCUT2D eigenvalue weighted by Gasteiger charge is 2.14. The highest BCUT2D eigenvalue weighted by Crippen LogP contribution is 2.29. The maximum absolute atomic E-state index is 6.00. The number of benzene rings is 1. The predicted octanol–water partition coefficient (Wildman–Crippen LogP) is 2.61. The van der Waals surface area contributed by atoms with Gasteiger partial charge in [0.05, 0.1) is 5.39 Å². The normalized spacial score (nSPS) is 13.9. The van der Waals surface area contributed by atoms with Gasteiger partial charge in [-0.2, -0.15) is 9.97 Å². The van der Waals surface area contributed by atoms with E-state index in [0.717, 1.165) is 17.4 Å². The minimum Gasteiger partial charge on any atom is -0.383 e. The van der Waals surface area contributed by atoms with Crippen LogP contribution in [0.15, 0.2) is 24.4 Å². The van der Waals surface area contributed by atoms with Crippen molar-refractivity contribution < 1.29 is 0 Å². The summed E-state index contributed by atoms with van der Waals surface area (Å²) in [7, 11) is 0. The van der Waals surface area contributed by atoms with Crippen LogP contribution >= 0.6 is 0 Å². The standard InChI is InChI=1S/C17H20N6/c18-15-14-11(9-21-16(14)23-17(19)22-15)8-20-13-7-3-5-10-4-1-2-6-12(10)13/h3,5,7,9,20H,1-2,4,6,8H2,(H5,18,19,21,22,23). The molecule has 0 spiro atoms. The molecule has 6 heteroatoms. The largest absolute Gasteiger partial charge is 0.383 e. The second-order valence-corrected chi connectivity index (χ2v) is 6.01. The van der Waals surface area contributed by atoms with Gasteiger partial charge >= 0.3 is 0 Å². The van der Waals surface area contributed by atoms with E-state index >= 15 is 0 Å². The van der Waals surface area contributed by atoms with Crippen LogP contribution in [0, 0.1) is 0 Å². The molecule has 2 aromatic heterocycles. The average Bonchev–Trinajstić information content (AvgIpc) is 2.96. The van der Waals surface area contributed by atoms with Gasteiger partial charge in [0.1, 0.15) is 11.5 Å². The minimum absolute atomic E-state index is 0.188. The molecule has 6 N–H and O–H groups in total. The highest BCUT2D eigenvalue weighted by molar-refractivity contribution is 5.90. The van der Waals surface area contributed by atoms with Gasteiger partial charge in [-0.1, -0.05) is 12.1 Å². The van der Waals surface area contributed by atoms with E-state index in [-0.39, 0.29) is 5.95 Å². The molecule has 23 heavy (non-hydrogen) atoms. The maximum atomic E-state index is 6.00. The van der Waals surface area contributed by atoms with Gasteiger partial charge in [-0.05, 0) is 42.9 Å². The summed E-state index contributed by atoms with van der Waals surface area (Å²) < 4.78 is 0. The third kappa shape index (κ3) is 2.46. The third-order valence-electron chi connectivity index (χ3n) is 4.52. The number of rotatable bonds is 3. The Hall–Kier alpha value is -2.76. The summed E-state index contributed by atoms with van der Waals surface area (Å²) >= 11 is 0. The number of aromatic nitrogens is 3. The first kappa shape index (κ1) is 13.9. The van der Waals surface area contributed by atoms with Gasteiger partial charge in [0.25, 0.3) is 0 Å². The van der Waals surface area contributed by atoms with Gasteiger partial charge in [0.2, 0.25) is 5.95 Å². The quantitative estimate of drug-likeness (QED) is 0.595. The highest BCUT2D eigenvalue weighted by atomic mass is 15.1. The molecule has 118 valence electrons. The van der Waals surface area contributed by atoms with E-state index in [0.29, 0.717) is 18.0 Å². The minimum atomic E-state index is 0.188. The lowest BCUT2D eigenvalue weighted by molar-refractivity contribution is 0.686. The molecular weight excluding hydrogens is 288 g/mol. The van der Waals surface area contributed by atoms with Crippen LogP contribution in [0.2, 0.25) is 0 Å². The lowest BCUT2D eigenvalue weighted by Gasteiger charge is -2.20. The van der Waals surface area contributed by atoms with Crippen molar-refractivity contribution in [2.75, 3.05) is 16.8 Å². The average molecular weight is 308 g/mol. The Labute approximate surface area is 134 Å². The topological polar surface area (TPSA) is 106 Å². The molecule has 0 radical (unpaired) electrons. The SMILES string of the molecule is Nc1nc(N)c2c(CNc3cccc4c3CCCC4)c[nH]c2n1. The first-order valence-corrected chi connectivity index (χ1v) is 7.96. The van der Waals surface area contributed by atoms with Crippen molar-refractivity contribution in [2.45, 2.75) is 32.2 Å². The monoisotopic (exact) mass is 308 g/mol. The van der Waals surface area contributed by atoms with E-state index in [1.54, 1.807) is 0 Å². The van der Waals surface area contributed by atoms with Crippen LogP contribution < -0.4 is 16.8 Å². The van der Waals surface area contributed by atoms with Crippen molar-refractivity contribution in [3.63, 3.8) is 0 Å². The molecule has 4 rings (SSSR count). The zero-order chi connectivity index (χ0) is 15.8. The molecular formula is C17H20N6. The molecule has 0 atom stereocenters. The van der Waals surface area contributed by atoms with Crippen molar-refractivity contribution in [2.24, 2.45) is 0 Å². The molecule has 0 amide bonds. The van der Waals surface area contributed by atoms with Crippen LogP contribution in [0.5, 0.6) is 0 Å². The smallest absolute Gasteiger partial charge is 0.223 e. The molecule has 1 aliphatic rings. The molecule has 3 aromatic rings. The van der Waals surface area contributed by atoms with E-state index in [4.69, 9.17) is 11.5 Å². The van der Waals surface area contributed by atoms with Crippen LogP contribution in [-0.4, -0.2) is 15.0 Å². The molecule has 0 aliphatic heterocycles.